The number of hydrogen-bond acceptors (Lipinski definition) is 7. The first-order chi connectivity index (χ1) is 15.3. The predicted molar refractivity (Wildman–Crippen MR) is 129 cm³/mol. The first-order valence-electron chi connectivity index (χ1n) is 9.53. The minimum absolute atomic E-state index is 0.137. The zero-order chi connectivity index (χ0) is 22.6. The molecule has 162 valence electrons. The van der Waals surface area contributed by atoms with E-state index in [0.717, 1.165) is 20.2 Å². The number of hydrogen-bond donors (Lipinski definition) is 2. The van der Waals surface area contributed by atoms with Crippen LogP contribution in [-0.2, 0) is 0 Å². The third kappa shape index (κ3) is 3.33. The van der Waals surface area contributed by atoms with Crippen LogP contribution in [0.3, 0.4) is 0 Å². The van der Waals surface area contributed by atoms with Gasteiger partial charge in [-0.15, -0.1) is 22.7 Å². The molecule has 2 aromatic heterocycles. The summed E-state index contributed by atoms with van der Waals surface area (Å²) in [5.74, 6) is -1.76. The Morgan fingerprint density at radius 1 is 1.12 bits per heavy atom. The van der Waals surface area contributed by atoms with Crippen LogP contribution < -0.4 is 14.5 Å². The lowest BCUT2D eigenvalue weighted by molar-refractivity contribution is 0.0968. The van der Waals surface area contributed by atoms with E-state index in [1.54, 1.807) is 18.2 Å². The number of rotatable bonds is 3. The normalized spacial score (nSPS) is 15.8. The number of phenolic OH excluding ortho intramolecular Hbond substituents is 2. The zero-order valence-corrected chi connectivity index (χ0v) is 19.5. The molecule has 0 spiro atoms. The molecule has 3 heterocycles. The number of amides is 1. The van der Waals surface area contributed by atoms with Gasteiger partial charge in [0.05, 0.1) is 27.5 Å². The molecule has 0 fully saturated rings. The van der Waals surface area contributed by atoms with Crippen molar-refractivity contribution in [3.05, 3.63) is 70.2 Å². The van der Waals surface area contributed by atoms with E-state index >= 15 is 0 Å². The Bertz CT molecular complexity index is 1360. The summed E-state index contributed by atoms with van der Waals surface area (Å²) in [6.07, 6.45) is -0.624. The van der Waals surface area contributed by atoms with Gasteiger partial charge in [-0.3, -0.25) is 9.69 Å². The SMILES string of the molecule is CN1c2ccc(F)cc2C(=O)N(c2cccc(O)c2O)C1c1ccc(-c2csc(P)n2)s1. The number of fused-ring (bicyclic) bond motifs is 1. The van der Waals surface area contributed by atoms with E-state index in [0.29, 0.717) is 5.69 Å². The molecule has 0 radical (unpaired) electrons. The quantitative estimate of drug-likeness (QED) is 0.325. The number of nitrogens with zero attached hydrogens (tertiary/aromatic N) is 3. The number of halogens is 1. The Kier molecular flexibility index (Phi) is 5.12. The summed E-state index contributed by atoms with van der Waals surface area (Å²) in [5, 5.41) is 22.6. The van der Waals surface area contributed by atoms with Crippen molar-refractivity contribution in [3.8, 4) is 22.1 Å². The molecule has 1 amide bonds. The molecule has 0 bridgehead atoms. The van der Waals surface area contributed by atoms with Gasteiger partial charge in [-0.2, -0.15) is 0 Å². The van der Waals surface area contributed by atoms with Crippen molar-refractivity contribution in [2.24, 2.45) is 0 Å². The predicted octanol–water partition coefficient (Wildman–Crippen LogP) is 4.72. The van der Waals surface area contributed by atoms with E-state index in [2.05, 4.69) is 14.2 Å². The van der Waals surface area contributed by atoms with Gasteiger partial charge in [-0.1, -0.05) is 15.3 Å². The molecule has 2 N–H and O–H groups in total. The highest BCUT2D eigenvalue weighted by molar-refractivity contribution is 7.42. The molecule has 0 saturated heterocycles. The number of phenols is 2. The first-order valence-corrected chi connectivity index (χ1v) is 11.8. The van der Waals surface area contributed by atoms with Crippen LogP contribution in [0.25, 0.3) is 10.6 Å². The van der Waals surface area contributed by atoms with Gasteiger partial charge >= 0.3 is 0 Å². The van der Waals surface area contributed by atoms with Crippen molar-refractivity contribution in [2.45, 2.75) is 6.17 Å². The van der Waals surface area contributed by atoms with Crippen LogP contribution in [0.2, 0.25) is 0 Å². The van der Waals surface area contributed by atoms with Crippen molar-refractivity contribution >= 4 is 53.9 Å². The molecule has 2 unspecified atom stereocenters. The molecule has 1 aliphatic rings. The monoisotopic (exact) mass is 485 g/mol. The van der Waals surface area contributed by atoms with Crippen LogP contribution in [-0.4, -0.2) is 28.2 Å². The fourth-order valence-corrected chi connectivity index (χ4v) is 5.92. The molecule has 6 nitrogen and oxygen atoms in total. The fraction of sp³-hybridized carbons (Fsp3) is 0.0909. The number of carbonyl (C=O) groups excluding carboxylic acids is 1. The van der Waals surface area contributed by atoms with Gasteiger partial charge in [0.25, 0.3) is 5.91 Å². The van der Waals surface area contributed by atoms with Crippen molar-refractivity contribution in [3.63, 3.8) is 0 Å². The largest absolute Gasteiger partial charge is 0.504 e. The molecular formula is C22H17FN3O3PS2. The third-order valence-corrected chi connectivity index (χ3v) is 7.67. The number of aromatic nitrogens is 1. The summed E-state index contributed by atoms with van der Waals surface area (Å²) in [7, 11) is 4.39. The van der Waals surface area contributed by atoms with Gasteiger partial charge in [0.1, 0.15) is 16.7 Å². The van der Waals surface area contributed by atoms with Crippen LogP contribution in [0.5, 0.6) is 11.5 Å². The Morgan fingerprint density at radius 3 is 2.69 bits per heavy atom. The molecule has 2 atom stereocenters. The Labute approximate surface area is 193 Å². The van der Waals surface area contributed by atoms with E-state index in [1.807, 2.05) is 29.5 Å². The number of para-hydroxylation sites is 1. The Balaban J connectivity index is 1.69. The second kappa shape index (κ2) is 7.85. The molecule has 0 aliphatic carbocycles. The average Bonchev–Trinajstić information content (AvgIpc) is 3.42. The van der Waals surface area contributed by atoms with Crippen LogP contribution in [0.1, 0.15) is 21.4 Å². The Hall–Kier alpha value is -3.00. The number of anilines is 2. The number of carbonyl (C=O) groups is 1. The highest BCUT2D eigenvalue weighted by atomic mass is 32.1. The zero-order valence-electron chi connectivity index (χ0n) is 16.7. The lowest BCUT2D eigenvalue weighted by Gasteiger charge is -2.43. The number of thiophene rings is 1. The number of benzene rings is 2. The lowest BCUT2D eigenvalue weighted by Crippen LogP contribution is -2.48. The van der Waals surface area contributed by atoms with Crippen LogP contribution in [0.4, 0.5) is 15.8 Å². The fourth-order valence-electron chi connectivity index (χ4n) is 3.84. The molecule has 0 saturated carbocycles. The van der Waals surface area contributed by atoms with Gasteiger partial charge in [0.2, 0.25) is 0 Å². The topological polar surface area (TPSA) is 76.9 Å². The van der Waals surface area contributed by atoms with E-state index in [4.69, 9.17) is 0 Å². The molecule has 10 heteroatoms. The van der Waals surface area contributed by atoms with E-state index in [9.17, 15) is 19.4 Å². The van der Waals surface area contributed by atoms with E-state index < -0.39 is 23.6 Å². The molecule has 1 aliphatic heterocycles. The lowest BCUT2D eigenvalue weighted by atomic mass is 10.0. The molecule has 2 aromatic carbocycles. The summed E-state index contributed by atoms with van der Waals surface area (Å²) >= 11 is 3.00. The summed E-state index contributed by atoms with van der Waals surface area (Å²) in [6, 6.07) is 12.4. The van der Waals surface area contributed by atoms with Crippen molar-refractivity contribution in [2.75, 3.05) is 16.8 Å². The van der Waals surface area contributed by atoms with Gasteiger partial charge in [0, 0.05) is 17.3 Å². The molecule has 5 rings (SSSR count). The second-order valence-corrected chi connectivity index (χ2v) is 10.2. The first kappa shape index (κ1) is 20.9. The van der Waals surface area contributed by atoms with E-state index in [-0.39, 0.29) is 17.0 Å². The smallest absolute Gasteiger partial charge is 0.262 e. The van der Waals surface area contributed by atoms with Crippen LogP contribution in [0.15, 0.2) is 53.9 Å². The Morgan fingerprint density at radius 2 is 1.94 bits per heavy atom. The molecule has 4 aromatic rings. The van der Waals surface area contributed by atoms with Crippen LogP contribution in [0, 0.1) is 5.82 Å². The highest BCUT2D eigenvalue weighted by Crippen LogP contribution is 2.47. The average molecular weight is 486 g/mol. The van der Waals surface area contributed by atoms with Crippen LogP contribution >= 0.6 is 31.9 Å². The summed E-state index contributed by atoms with van der Waals surface area (Å²) in [6.45, 7) is 0. The summed E-state index contributed by atoms with van der Waals surface area (Å²) < 4.78 is 14.9. The summed E-state index contributed by atoms with van der Waals surface area (Å²) in [4.78, 5) is 23.1. The minimum Gasteiger partial charge on any atom is -0.504 e. The van der Waals surface area contributed by atoms with Gasteiger partial charge in [-0.25, -0.2) is 9.37 Å². The maximum Gasteiger partial charge on any atom is 0.262 e. The van der Waals surface area contributed by atoms with Crippen molar-refractivity contribution < 1.29 is 19.4 Å². The highest BCUT2D eigenvalue weighted by Gasteiger charge is 2.40. The maximum absolute atomic E-state index is 14.0. The summed E-state index contributed by atoms with van der Waals surface area (Å²) in [5.41, 5.74) is 1.73. The number of thiazole rings is 1. The number of aromatic hydroxyl groups is 2. The minimum atomic E-state index is -0.624. The molecule has 32 heavy (non-hydrogen) atoms. The second-order valence-electron chi connectivity index (χ2n) is 7.24. The van der Waals surface area contributed by atoms with Crippen molar-refractivity contribution in [1.82, 2.24) is 4.98 Å². The third-order valence-electron chi connectivity index (χ3n) is 5.31. The standard InChI is InChI=1S/C22H17FN3O3PS2/c1-25-14-6-5-11(23)9-12(14)21(29)26(15-3-2-4-16(27)19(15)28)20(25)18-8-7-17(32-18)13-10-31-22(30)24-13/h2-10,20,27-28H,30H2,1H3. The van der Waals surface area contributed by atoms with E-state index in [1.165, 1.54) is 45.8 Å². The van der Waals surface area contributed by atoms with Gasteiger partial charge in [-0.05, 0) is 42.5 Å². The maximum atomic E-state index is 14.0. The van der Waals surface area contributed by atoms with Gasteiger partial charge in [0.15, 0.2) is 11.5 Å². The molecular weight excluding hydrogens is 468 g/mol. The van der Waals surface area contributed by atoms with Gasteiger partial charge < -0.3 is 15.1 Å². The van der Waals surface area contributed by atoms with Crippen molar-refractivity contribution in [1.29, 1.82) is 0 Å².